The van der Waals surface area contributed by atoms with E-state index in [2.05, 4.69) is 34.6 Å². The van der Waals surface area contributed by atoms with Gasteiger partial charge in [0.25, 0.3) is 0 Å². The number of hydrogen-bond donors (Lipinski definition) is 1. The molecule has 1 heterocycles. The van der Waals surface area contributed by atoms with Crippen molar-refractivity contribution in [1.82, 2.24) is 25.5 Å². The van der Waals surface area contributed by atoms with Gasteiger partial charge >= 0.3 is 0 Å². The highest BCUT2D eigenvalue weighted by atomic mass is 15.6. The van der Waals surface area contributed by atoms with Crippen LogP contribution in [-0.2, 0) is 13.5 Å². The number of nitrogens with zero attached hydrogens (tertiary/aromatic N) is 4. The normalized spacial score (nSPS) is 13.0. The Morgan fingerprint density at radius 1 is 1.40 bits per heavy atom. The topological polar surface area (TPSA) is 55.6 Å². The van der Waals surface area contributed by atoms with Crippen LogP contribution in [0.15, 0.2) is 0 Å². The maximum Gasteiger partial charge on any atom is 0.175 e. The molecule has 1 rings (SSSR count). The lowest BCUT2D eigenvalue weighted by Gasteiger charge is -2.12. The van der Waals surface area contributed by atoms with Crippen LogP contribution in [0.5, 0.6) is 0 Å². The lowest BCUT2D eigenvalue weighted by atomic mass is 10.0. The molecule has 1 aromatic heterocycles. The Hall–Kier alpha value is -0.970. The Kier molecular flexibility index (Phi) is 5.25. The molecule has 0 bridgehead atoms. The number of rotatable bonds is 7. The average Bonchev–Trinajstić information content (AvgIpc) is 2.63. The summed E-state index contributed by atoms with van der Waals surface area (Å²) in [6, 6.07) is 0. The minimum Gasteiger partial charge on any atom is -0.316 e. The van der Waals surface area contributed by atoms with Crippen molar-refractivity contribution in [3.63, 3.8) is 0 Å². The van der Waals surface area contributed by atoms with E-state index in [1.54, 1.807) is 7.05 Å². The Morgan fingerprint density at radius 2 is 2.20 bits per heavy atom. The van der Waals surface area contributed by atoms with Crippen molar-refractivity contribution in [2.45, 2.75) is 33.1 Å². The summed E-state index contributed by atoms with van der Waals surface area (Å²) in [6.45, 7) is 6.51. The maximum atomic E-state index is 4.19. The summed E-state index contributed by atoms with van der Waals surface area (Å²) < 4.78 is 0. The SMILES string of the molecule is CCCNCC(CC)Cc1nnn(C)n1. The second-order valence-corrected chi connectivity index (χ2v) is 3.88. The van der Waals surface area contributed by atoms with Gasteiger partial charge in [0.15, 0.2) is 5.82 Å². The summed E-state index contributed by atoms with van der Waals surface area (Å²) in [5.41, 5.74) is 0. The lowest BCUT2D eigenvalue weighted by molar-refractivity contribution is 0.451. The highest BCUT2D eigenvalue weighted by Crippen LogP contribution is 2.06. The summed E-state index contributed by atoms with van der Waals surface area (Å²) >= 11 is 0. The Bertz CT molecular complexity index is 271. The lowest BCUT2D eigenvalue weighted by Crippen LogP contribution is -2.24. The fourth-order valence-corrected chi connectivity index (χ4v) is 1.51. The van der Waals surface area contributed by atoms with Crippen LogP contribution >= 0.6 is 0 Å². The molecule has 15 heavy (non-hydrogen) atoms. The van der Waals surface area contributed by atoms with E-state index in [1.165, 1.54) is 11.2 Å². The molecule has 1 aromatic rings. The molecule has 0 radical (unpaired) electrons. The van der Waals surface area contributed by atoms with E-state index >= 15 is 0 Å². The summed E-state index contributed by atoms with van der Waals surface area (Å²) in [4.78, 5) is 1.52. The van der Waals surface area contributed by atoms with Crippen LogP contribution in [0.25, 0.3) is 0 Å². The van der Waals surface area contributed by atoms with Gasteiger partial charge < -0.3 is 5.32 Å². The molecular formula is C10H21N5. The molecule has 0 spiro atoms. The van der Waals surface area contributed by atoms with Crippen molar-refractivity contribution in [2.75, 3.05) is 13.1 Å². The molecule has 1 N–H and O–H groups in total. The fraction of sp³-hybridized carbons (Fsp3) is 0.900. The van der Waals surface area contributed by atoms with E-state index < -0.39 is 0 Å². The van der Waals surface area contributed by atoms with Crippen molar-refractivity contribution in [2.24, 2.45) is 13.0 Å². The van der Waals surface area contributed by atoms with Crippen molar-refractivity contribution >= 4 is 0 Å². The number of hydrogen-bond acceptors (Lipinski definition) is 4. The zero-order valence-electron chi connectivity index (χ0n) is 9.90. The van der Waals surface area contributed by atoms with Crippen molar-refractivity contribution in [3.05, 3.63) is 5.82 Å². The molecule has 0 aliphatic carbocycles. The molecule has 0 saturated carbocycles. The van der Waals surface area contributed by atoms with Gasteiger partial charge in [-0.2, -0.15) is 4.80 Å². The third-order valence-electron chi connectivity index (χ3n) is 2.46. The number of tetrazole rings is 1. The van der Waals surface area contributed by atoms with E-state index in [-0.39, 0.29) is 0 Å². The molecule has 0 aliphatic rings. The zero-order chi connectivity index (χ0) is 11.1. The number of aromatic nitrogens is 4. The van der Waals surface area contributed by atoms with Gasteiger partial charge in [0.1, 0.15) is 0 Å². The molecule has 5 nitrogen and oxygen atoms in total. The Morgan fingerprint density at radius 3 is 2.73 bits per heavy atom. The highest BCUT2D eigenvalue weighted by Gasteiger charge is 2.10. The molecule has 0 saturated heterocycles. The van der Waals surface area contributed by atoms with Gasteiger partial charge in [-0.3, -0.25) is 0 Å². The smallest absolute Gasteiger partial charge is 0.175 e. The molecule has 0 amide bonds. The van der Waals surface area contributed by atoms with Gasteiger partial charge in [-0.15, -0.1) is 10.2 Å². The second kappa shape index (κ2) is 6.50. The van der Waals surface area contributed by atoms with E-state index in [0.717, 1.165) is 31.8 Å². The van der Waals surface area contributed by atoms with Gasteiger partial charge in [0, 0.05) is 6.42 Å². The van der Waals surface area contributed by atoms with Crippen LogP contribution in [0, 0.1) is 5.92 Å². The Balaban J connectivity index is 2.33. The predicted molar refractivity (Wildman–Crippen MR) is 59.4 cm³/mol. The maximum absolute atomic E-state index is 4.19. The minimum absolute atomic E-state index is 0.612. The summed E-state index contributed by atoms with van der Waals surface area (Å²) in [5, 5.41) is 15.5. The summed E-state index contributed by atoms with van der Waals surface area (Å²) in [7, 11) is 1.80. The first-order valence-electron chi connectivity index (χ1n) is 5.69. The second-order valence-electron chi connectivity index (χ2n) is 3.88. The first kappa shape index (κ1) is 12.1. The van der Waals surface area contributed by atoms with Crippen LogP contribution in [-0.4, -0.2) is 33.3 Å². The average molecular weight is 211 g/mol. The number of nitrogens with one attached hydrogen (secondary N) is 1. The molecule has 86 valence electrons. The molecule has 1 atom stereocenters. The van der Waals surface area contributed by atoms with E-state index in [0.29, 0.717) is 5.92 Å². The van der Waals surface area contributed by atoms with Crippen LogP contribution in [0.2, 0.25) is 0 Å². The van der Waals surface area contributed by atoms with Crippen molar-refractivity contribution in [3.8, 4) is 0 Å². The van der Waals surface area contributed by atoms with Crippen molar-refractivity contribution < 1.29 is 0 Å². The minimum atomic E-state index is 0.612. The predicted octanol–water partition coefficient (Wildman–Crippen LogP) is 0.778. The standard InChI is InChI=1S/C10H21N5/c1-4-6-11-8-9(5-2)7-10-12-14-15(3)13-10/h9,11H,4-8H2,1-3H3. The van der Waals surface area contributed by atoms with E-state index in [4.69, 9.17) is 0 Å². The van der Waals surface area contributed by atoms with Gasteiger partial charge in [-0.05, 0) is 30.6 Å². The number of aryl methyl sites for hydroxylation is 1. The quantitative estimate of drug-likeness (QED) is 0.677. The van der Waals surface area contributed by atoms with Gasteiger partial charge in [-0.1, -0.05) is 20.3 Å². The molecule has 5 heteroatoms. The Labute approximate surface area is 91.2 Å². The summed E-state index contributed by atoms with van der Waals surface area (Å²) in [5.74, 6) is 1.46. The van der Waals surface area contributed by atoms with E-state index in [9.17, 15) is 0 Å². The van der Waals surface area contributed by atoms with Gasteiger partial charge in [0.2, 0.25) is 0 Å². The zero-order valence-corrected chi connectivity index (χ0v) is 9.90. The van der Waals surface area contributed by atoms with Crippen LogP contribution in [0.3, 0.4) is 0 Å². The molecule has 1 unspecified atom stereocenters. The molecule has 0 aliphatic heterocycles. The summed E-state index contributed by atoms with van der Waals surface area (Å²) in [6.07, 6.45) is 3.25. The van der Waals surface area contributed by atoms with Gasteiger partial charge in [0.05, 0.1) is 7.05 Å². The first-order chi connectivity index (χ1) is 7.26. The van der Waals surface area contributed by atoms with Crippen LogP contribution in [0.4, 0.5) is 0 Å². The first-order valence-corrected chi connectivity index (χ1v) is 5.69. The van der Waals surface area contributed by atoms with Crippen molar-refractivity contribution in [1.29, 1.82) is 0 Å². The van der Waals surface area contributed by atoms with E-state index in [1.807, 2.05) is 0 Å². The monoisotopic (exact) mass is 211 g/mol. The third-order valence-corrected chi connectivity index (χ3v) is 2.46. The largest absolute Gasteiger partial charge is 0.316 e. The third kappa shape index (κ3) is 4.38. The molecular weight excluding hydrogens is 190 g/mol. The van der Waals surface area contributed by atoms with Crippen LogP contribution < -0.4 is 5.32 Å². The molecule has 0 fully saturated rings. The fourth-order valence-electron chi connectivity index (χ4n) is 1.51. The van der Waals surface area contributed by atoms with Crippen LogP contribution in [0.1, 0.15) is 32.5 Å². The van der Waals surface area contributed by atoms with Gasteiger partial charge in [-0.25, -0.2) is 0 Å². The highest BCUT2D eigenvalue weighted by molar-refractivity contribution is 4.81. The molecule has 0 aromatic carbocycles.